The molecule has 1 amide bonds. The Hall–Kier alpha value is -5.82. The molecule has 1 saturated heterocycles. The van der Waals surface area contributed by atoms with Crippen molar-refractivity contribution in [1.82, 2.24) is 0 Å². The Morgan fingerprint density at radius 3 is 1.65 bits per heavy atom. The molecule has 5 unspecified atom stereocenters. The van der Waals surface area contributed by atoms with Crippen LogP contribution in [0.15, 0.2) is 24.3 Å². The average molecular weight is 798 g/mol. The summed E-state index contributed by atoms with van der Waals surface area (Å²) in [6.45, 7) is -0.880. The molecular weight excluding hydrogens is 762 g/mol. The maximum atomic E-state index is 12.3. The molecule has 0 spiro atoms. The number of nitro groups is 4. The van der Waals surface area contributed by atoms with Crippen LogP contribution >= 0.6 is 11.6 Å². The molecule has 5 atom stereocenters. The summed E-state index contributed by atoms with van der Waals surface area (Å²) >= 11 is 5.74. The highest BCUT2D eigenvalue weighted by molar-refractivity contribution is 6.30. The van der Waals surface area contributed by atoms with E-state index >= 15 is 0 Å². The Morgan fingerprint density at radius 2 is 1.20 bits per heavy atom. The maximum Gasteiger partial charge on any atom is 0.411 e. The van der Waals surface area contributed by atoms with E-state index in [1.54, 1.807) is 38.1 Å². The first-order valence-electron chi connectivity index (χ1n) is 15.5. The van der Waals surface area contributed by atoms with Crippen molar-refractivity contribution in [2.24, 2.45) is 0 Å². The summed E-state index contributed by atoms with van der Waals surface area (Å²) in [5.74, 6) is -5.06. The van der Waals surface area contributed by atoms with Crippen molar-refractivity contribution in [1.29, 1.82) is 0 Å². The lowest BCUT2D eigenvalue weighted by molar-refractivity contribution is -0.479. The first-order chi connectivity index (χ1) is 25.3. The molecule has 26 heteroatoms. The van der Waals surface area contributed by atoms with Gasteiger partial charge in [-0.05, 0) is 32.0 Å². The minimum absolute atomic E-state index is 0.130. The summed E-state index contributed by atoms with van der Waals surface area (Å²) in [4.78, 5) is 98.4. The number of aliphatic hydroxyl groups is 1. The van der Waals surface area contributed by atoms with Crippen LogP contribution in [-0.2, 0) is 47.6 Å². The smallest absolute Gasteiger partial charge is 0.411 e. The number of nitrogens with one attached hydrogen (secondary N) is 1. The summed E-state index contributed by atoms with van der Waals surface area (Å²) in [5, 5.41) is 55.8. The largest absolute Gasteiger partial charge is 0.463 e. The topological polar surface area (TPSA) is 346 Å². The van der Waals surface area contributed by atoms with E-state index in [1.165, 1.54) is 0 Å². The molecule has 0 aliphatic carbocycles. The fourth-order valence-electron chi connectivity index (χ4n) is 3.97. The van der Waals surface area contributed by atoms with Crippen molar-refractivity contribution < 1.29 is 77.2 Å². The van der Waals surface area contributed by atoms with Gasteiger partial charge in [-0.3, -0.25) is 65.0 Å². The Balaban J connectivity index is 0.000000866. The molecule has 25 nitrogen and oxygen atoms in total. The number of hydrogen-bond donors (Lipinski definition) is 2. The number of rotatable bonds is 19. The predicted octanol–water partition coefficient (Wildman–Crippen LogP) is 0.946. The van der Waals surface area contributed by atoms with Gasteiger partial charge in [-0.2, -0.15) is 0 Å². The van der Waals surface area contributed by atoms with Crippen molar-refractivity contribution in [3.63, 3.8) is 0 Å². The third kappa shape index (κ3) is 19.7. The standard InChI is InChI=1S/C18H24N4O18.C10H12ClNO2/c23-11(1-5-19(28)29)36-9-10-15(38-12(24)2-6-20(30)31)16(39-13(25)3-7-21(32)33)17(18(27)37-10)40-14(26)4-8-22(34)35;1-7(2)14-10(13)12-9-5-3-4-8(11)6-9/h10,15-18,27H,1-9H2;3-7H,1-2H3,(H,12,13). The van der Waals surface area contributed by atoms with Crippen molar-refractivity contribution in [3.8, 4) is 0 Å². The Bertz CT molecular complexity index is 1510. The minimum Gasteiger partial charge on any atom is -0.463 e. The van der Waals surface area contributed by atoms with Crippen LogP contribution < -0.4 is 5.32 Å². The highest BCUT2D eigenvalue weighted by atomic mass is 35.5. The van der Waals surface area contributed by atoms with Crippen LogP contribution in [0.25, 0.3) is 0 Å². The van der Waals surface area contributed by atoms with Gasteiger partial charge in [-0.15, -0.1) is 0 Å². The quantitative estimate of drug-likeness (QED) is 0.0851. The first kappa shape index (κ1) is 46.2. The van der Waals surface area contributed by atoms with E-state index in [-0.39, 0.29) is 6.10 Å². The van der Waals surface area contributed by atoms with Gasteiger partial charge < -0.3 is 33.5 Å². The Morgan fingerprint density at radius 1 is 0.759 bits per heavy atom. The van der Waals surface area contributed by atoms with Crippen molar-refractivity contribution in [2.75, 3.05) is 38.1 Å². The number of benzene rings is 1. The number of anilines is 1. The summed E-state index contributed by atoms with van der Waals surface area (Å²) < 4.78 is 30.0. The van der Waals surface area contributed by atoms with Gasteiger partial charge in [-0.1, -0.05) is 17.7 Å². The van der Waals surface area contributed by atoms with Gasteiger partial charge in [0.05, 0.1) is 6.10 Å². The van der Waals surface area contributed by atoms with Crippen molar-refractivity contribution >= 4 is 47.3 Å². The summed E-state index contributed by atoms with van der Waals surface area (Å²) in [5.41, 5.74) is 0.628. The zero-order valence-electron chi connectivity index (χ0n) is 28.5. The van der Waals surface area contributed by atoms with Crippen LogP contribution in [0.2, 0.25) is 5.02 Å². The zero-order valence-corrected chi connectivity index (χ0v) is 29.3. The molecule has 1 aliphatic heterocycles. The SMILES string of the molecule is CC(C)OC(=O)Nc1cccc(Cl)c1.O=C(CC[N+](=O)[O-])OCC1OC(O)C(OC(=O)CC[N+](=O)[O-])C(OC(=O)CC[N+](=O)[O-])C1OC(=O)CC[N+](=O)[O-]. The van der Waals surface area contributed by atoms with Gasteiger partial charge in [0, 0.05) is 30.4 Å². The Labute approximate surface area is 308 Å². The van der Waals surface area contributed by atoms with Crippen LogP contribution in [0.5, 0.6) is 0 Å². The molecule has 1 aromatic rings. The second kappa shape index (κ2) is 23.7. The number of aliphatic hydroxyl groups excluding tert-OH is 1. The molecule has 1 fully saturated rings. The molecule has 1 aromatic carbocycles. The highest BCUT2D eigenvalue weighted by Gasteiger charge is 2.52. The molecule has 2 rings (SSSR count). The van der Waals surface area contributed by atoms with Crippen LogP contribution in [0, 0.1) is 40.5 Å². The second-order valence-electron chi connectivity index (χ2n) is 10.9. The first-order valence-corrected chi connectivity index (χ1v) is 15.9. The molecule has 1 heterocycles. The molecule has 0 saturated carbocycles. The third-order valence-corrected chi connectivity index (χ3v) is 6.46. The minimum atomic E-state index is -2.22. The molecular formula is C28H36ClN5O20. The van der Waals surface area contributed by atoms with Gasteiger partial charge >= 0.3 is 30.0 Å². The van der Waals surface area contributed by atoms with Gasteiger partial charge in [0.1, 0.15) is 38.4 Å². The maximum absolute atomic E-state index is 12.3. The van der Waals surface area contributed by atoms with E-state index in [2.05, 4.69) is 5.32 Å². The van der Waals surface area contributed by atoms with Gasteiger partial charge in [-0.25, -0.2) is 4.79 Å². The number of carbonyl (C=O) groups is 5. The lowest BCUT2D eigenvalue weighted by atomic mass is 9.98. The third-order valence-electron chi connectivity index (χ3n) is 6.23. The summed E-state index contributed by atoms with van der Waals surface area (Å²) in [6, 6.07) is 6.89. The van der Waals surface area contributed by atoms with Crippen molar-refractivity contribution in [3.05, 3.63) is 69.7 Å². The van der Waals surface area contributed by atoms with E-state index in [1.807, 2.05) is 0 Å². The van der Waals surface area contributed by atoms with E-state index in [0.717, 1.165) is 0 Å². The Kier molecular flexibility index (Phi) is 20.3. The van der Waals surface area contributed by atoms with Crippen LogP contribution in [-0.4, -0.2) is 124 Å². The average Bonchev–Trinajstić information content (AvgIpc) is 3.06. The fraction of sp³-hybridized carbons (Fsp3) is 0.607. The highest BCUT2D eigenvalue weighted by Crippen LogP contribution is 2.29. The monoisotopic (exact) mass is 797 g/mol. The molecule has 300 valence electrons. The number of amides is 1. The number of ether oxygens (including phenoxy) is 6. The predicted molar refractivity (Wildman–Crippen MR) is 174 cm³/mol. The lowest BCUT2D eigenvalue weighted by Gasteiger charge is -2.42. The van der Waals surface area contributed by atoms with E-state index in [4.69, 9.17) is 40.0 Å². The zero-order chi connectivity index (χ0) is 41.0. The number of halogens is 1. The van der Waals surface area contributed by atoms with Crippen LogP contribution in [0.3, 0.4) is 0 Å². The van der Waals surface area contributed by atoms with Gasteiger partial charge in [0.15, 0.2) is 24.6 Å². The number of hydrogen-bond acceptors (Lipinski definition) is 20. The normalized spacial score (nSPS) is 18.8. The second-order valence-corrected chi connectivity index (χ2v) is 11.4. The lowest BCUT2D eigenvalue weighted by Crippen LogP contribution is -2.62. The van der Waals surface area contributed by atoms with E-state index < -0.39 is 139 Å². The molecule has 2 N–H and O–H groups in total. The summed E-state index contributed by atoms with van der Waals surface area (Å²) in [7, 11) is 0. The van der Waals surface area contributed by atoms with Gasteiger partial charge in [0.2, 0.25) is 26.2 Å². The van der Waals surface area contributed by atoms with E-state index in [9.17, 15) is 69.5 Å². The molecule has 0 bridgehead atoms. The van der Waals surface area contributed by atoms with E-state index in [0.29, 0.717) is 10.7 Å². The number of nitrogens with zero attached hydrogens (tertiary/aromatic N) is 4. The number of esters is 4. The molecule has 0 radical (unpaired) electrons. The van der Waals surface area contributed by atoms with Crippen molar-refractivity contribution in [2.45, 2.75) is 76.3 Å². The molecule has 54 heavy (non-hydrogen) atoms. The number of carbonyl (C=O) groups excluding carboxylic acids is 5. The fourth-order valence-corrected chi connectivity index (χ4v) is 4.16. The van der Waals surface area contributed by atoms with Crippen LogP contribution in [0.1, 0.15) is 39.5 Å². The summed E-state index contributed by atoms with van der Waals surface area (Å²) in [6.07, 6.45) is -13.8. The van der Waals surface area contributed by atoms with Crippen LogP contribution in [0.4, 0.5) is 10.5 Å². The van der Waals surface area contributed by atoms with Gasteiger partial charge in [0.25, 0.3) is 0 Å². The molecule has 0 aromatic heterocycles. The molecule has 1 aliphatic rings.